The summed E-state index contributed by atoms with van der Waals surface area (Å²) >= 11 is 0. The Kier molecular flexibility index (Phi) is 6.14. The summed E-state index contributed by atoms with van der Waals surface area (Å²) in [5.74, 6) is 0.0159. The van der Waals surface area contributed by atoms with E-state index in [1.165, 1.54) is 10.5 Å². The van der Waals surface area contributed by atoms with Crippen molar-refractivity contribution in [2.45, 2.75) is 6.54 Å². The van der Waals surface area contributed by atoms with Crippen molar-refractivity contribution in [3.8, 4) is 5.75 Å². The zero-order valence-electron chi connectivity index (χ0n) is 19.2. The molecule has 2 heterocycles. The van der Waals surface area contributed by atoms with Crippen LogP contribution in [0.2, 0.25) is 0 Å². The van der Waals surface area contributed by atoms with Crippen molar-refractivity contribution < 1.29 is 14.3 Å². The van der Waals surface area contributed by atoms with Gasteiger partial charge in [0.1, 0.15) is 11.4 Å². The molecule has 0 saturated carbocycles. The molecule has 2 aliphatic rings. The number of carbonyl (C=O) groups excluding carboxylic acids is 2. The molecule has 172 valence electrons. The summed E-state index contributed by atoms with van der Waals surface area (Å²) in [5, 5.41) is 0. The van der Waals surface area contributed by atoms with E-state index in [4.69, 9.17) is 4.74 Å². The van der Waals surface area contributed by atoms with Crippen molar-refractivity contribution in [1.29, 1.82) is 0 Å². The highest BCUT2D eigenvalue weighted by atomic mass is 16.5. The van der Waals surface area contributed by atoms with E-state index in [1.807, 2.05) is 36.4 Å². The molecule has 3 aromatic carbocycles. The average Bonchev–Trinajstić information content (AvgIpc) is 3.15. The lowest BCUT2D eigenvalue weighted by Gasteiger charge is -2.36. The topological polar surface area (TPSA) is 53.1 Å². The van der Waals surface area contributed by atoms with Crippen LogP contribution in [0, 0.1) is 0 Å². The van der Waals surface area contributed by atoms with Gasteiger partial charge >= 0.3 is 0 Å². The first-order chi connectivity index (χ1) is 16.7. The van der Waals surface area contributed by atoms with Gasteiger partial charge < -0.3 is 9.64 Å². The van der Waals surface area contributed by atoms with Crippen molar-refractivity contribution in [3.05, 3.63) is 102 Å². The highest BCUT2D eigenvalue weighted by Gasteiger charge is 2.43. The van der Waals surface area contributed by atoms with Gasteiger partial charge in [-0.15, -0.1) is 0 Å². The maximum atomic E-state index is 13.7. The normalized spacial score (nSPS) is 17.0. The summed E-state index contributed by atoms with van der Waals surface area (Å²) in [4.78, 5) is 33.1. The second-order valence-corrected chi connectivity index (χ2v) is 8.49. The van der Waals surface area contributed by atoms with E-state index < -0.39 is 0 Å². The minimum atomic E-state index is -0.300. The number of methoxy groups -OCH3 is 1. The number of amides is 2. The fourth-order valence-electron chi connectivity index (χ4n) is 4.63. The molecule has 0 bridgehead atoms. The standard InChI is InChI=1S/C28H27N3O3/c1-34-24-14-8-13-23(19-24)31-27(32)25(22-11-6-3-7-12-22)26(28(31)33)30-17-15-29(16-18-30)20-21-9-4-2-5-10-21/h2-14,19H,15-18,20H2,1H3. The quantitative estimate of drug-likeness (QED) is 0.532. The number of anilines is 1. The summed E-state index contributed by atoms with van der Waals surface area (Å²) in [6, 6.07) is 26.9. The number of benzene rings is 3. The molecular weight excluding hydrogens is 426 g/mol. The van der Waals surface area contributed by atoms with Crippen molar-refractivity contribution in [3.63, 3.8) is 0 Å². The Labute approximate surface area is 199 Å². The first-order valence-electron chi connectivity index (χ1n) is 11.5. The van der Waals surface area contributed by atoms with Crippen LogP contribution >= 0.6 is 0 Å². The third kappa shape index (κ3) is 4.20. The van der Waals surface area contributed by atoms with Crippen molar-refractivity contribution >= 4 is 23.1 Å². The predicted octanol–water partition coefficient (Wildman–Crippen LogP) is 3.80. The summed E-state index contributed by atoms with van der Waals surface area (Å²) in [6.07, 6.45) is 0. The molecule has 0 aromatic heterocycles. The Hall–Kier alpha value is -3.90. The van der Waals surface area contributed by atoms with Gasteiger partial charge in [0.05, 0.1) is 18.4 Å². The number of hydrogen-bond donors (Lipinski definition) is 0. The maximum Gasteiger partial charge on any atom is 0.282 e. The van der Waals surface area contributed by atoms with Crippen molar-refractivity contribution in [1.82, 2.24) is 9.80 Å². The Morgan fingerprint density at radius 3 is 2.12 bits per heavy atom. The van der Waals surface area contributed by atoms with E-state index in [9.17, 15) is 9.59 Å². The first-order valence-corrected chi connectivity index (χ1v) is 11.5. The van der Waals surface area contributed by atoms with Crippen LogP contribution in [0.5, 0.6) is 5.75 Å². The minimum Gasteiger partial charge on any atom is -0.497 e. The van der Waals surface area contributed by atoms with Crippen LogP contribution in [0.1, 0.15) is 11.1 Å². The van der Waals surface area contributed by atoms with Gasteiger partial charge in [-0.3, -0.25) is 14.5 Å². The van der Waals surface area contributed by atoms with E-state index in [-0.39, 0.29) is 11.8 Å². The van der Waals surface area contributed by atoms with Crippen LogP contribution in [0.25, 0.3) is 5.57 Å². The fraction of sp³-hybridized carbons (Fsp3) is 0.214. The van der Waals surface area contributed by atoms with E-state index in [2.05, 4.69) is 34.1 Å². The number of carbonyl (C=O) groups is 2. The second-order valence-electron chi connectivity index (χ2n) is 8.49. The largest absolute Gasteiger partial charge is 0.497 e. The van der Waals surface area contributed by atoms with Crippen LogP contribution < -0.4 is 9.64 Å². The van der Waals surface area contributed by atoms with Crippen molar-refractivity contribution in [2.75, 3.05) is 38.2 Å². The molecule has 0 unspecified atom stereocenters. The molecule has 3 aromatic rings. The molecule has 2 amide bonds. The molecular formula is C28H27N3O3. The van der Waals surface area contributed by atoms with Crippen LogP contribution in [0.3, 0.4) is 0 Å². The zero-order valence-corrected chi connectivity index (χ0v) is 19.2. The third-order valence-electron chi connectivity index (χ3n) is 6.37. The Balaban J connectivity index is 1.44. The Morgan fingerprint density at radius 1 is 0.765 bits per heavy atom. The van der Waals surface area contributed by atoms with E-state index in [0.717, 1.165) is 25.2 Å². The van der Waals surface area contributed by atoms with Gasteiger partial charge in [-0.2, -0.15) is 0 Å². The molecule has 1 saturated heterocycles. The Morgan fingerprint density at radius 2 is 1.44 bits per heavy atom. The molecule has 6 nitrogen and oxygen atoms in total. The number of rotatable bonds is 6. The smallest absolute Gasteiger partial charge is 0.282 e. The SMILES string of the molecule is COc1cccc(N2C(=O)C(c3ccccc3)=C(N3CCN(Cc4ccccc4)CC3)C2=O)c1. The summed E-state index contributed by atoms with van der Waals surface area (Å²) < 4.78 is 5.32. The molecule has 34 heavy (non-hydrogen) atoms. The van der Waals surface area contributed by atoms with Crippen molar-refractivity contribution in [2.24, 2.45) is 0 Å². The fourth-order valence-corrected chi connectivity index (χ4v) is 4.63. The highest BCUT2D eigenvalue weighted by Crippen LogP contribution is 2.36. The molecule has 0 aliphatic carbocycles. The third-order valence-corrected chi connectivity index (χ3v) is 6.37. The van der Waals surface area contributed by atoms with Gasteiger partial charge in [-0.05, 0) is 23.3 Å². The van der Waals surface area contributed by atoms with Crippen LogP contribution in [0.4, 0.5) is 5.69 Å². The lowest BCUT2D eigenvalue weighted by molar-refractivity contribution is -0.120. The van der Waals surface area contributed by atoms with Gasteiger partial charge in [-0.1, -0.05) is 66.7 Å². The number of imide groups is 1. The van der Waals surface area contributed by atoms with Gasteiger partial charge in [0.2, 0.25) is 0 Å². The predicted molar refractivity (Wildman–Crippen MR) is 132 cm³/mol. The molecule has 6 heteroatoms. The minimum absolute atomic E-state index is 0.284. The second kappa shape index (κ2) is 9.53. The number of piperazine rings is 1. The molecule has 5 rings (SSSR count). The van der Waals surface area contributed by atoms with Gasteiger partial charge in [0.15, 0.2) is 0 Å². The van der Waals surface area contributed by atoms with Crippen LogP contribution in [-0.2, 0) is 16.1 Å². The Bertz CT molecular complexity index is 1220. The molecule has 0 radical (unpaired) electrons. The molecule has 1 fully saturated rings. The molecule has 0 spiro atoms. The lowest BCUT2D eigenvalue weighted by Crippen LogP contribution is -2.47. The summed E-state index contributed by atoms with van der Waals surface area (Å²) in [5.41, 5.74) is 3.49. The van der Waals surface area contributed by atoms with Crippen LogP contribution in [0.15, 0.2) is 90.6 Å². The monoisotopic (exact) mass is 453 g/mol. The highest BCUT2D eigenvalue weighted by molar-refractivity contribution is 6.45. The van der Waals surface area contributed by atoms with E-state index in [1.54, 1.807) is 31.4 Å². The number of ether oxygens (including phenoxy) is 1. The molecule has 0 N–H and O–H groups in total. The lowest BCUT2D eigenvalue weighted by atomic mass is 10.0. The molecule has 0 atom stereocenters. The molecule has 2 aliphatic heterocycles. The summed E-state index contributed by atoms with van der Waals surface area (Å²) in [7, 11) is 1.57. The number of nitrogens with zero attached hydrogens (tertiary/aromatic N) is 3. The number of hydrogen-bond acceptors (Lipinski definition) is 5. The van der Waals surface area contributed by atoms with E-state index in [0.29, 0.717) is 35.8 Å². The summed E-state index contributed by atoms with van der Waals surface area (Å²) in [6.45, 7) is 3.89. The van der Waals surface area contributed by atoms with Gasteiger partial charge in [0.25, 0.3) is 11.8 Å². The average molecular weight is 454 g/mol. The van der Waals surface area contributed by atoms with Crippen LogP contribution in [-0.4, -0.2) is 54.9 Å². The van der Waals surface area contributed by atoms with Gasteiger partial charge in [0, 0.05) is 38.8 Å². The first kappa shape index (κ1) is 21.9. The zero-order chi connectivity index (χ0) is 23.5. The maximum absolute atomic E-state index is 13.7. The van der Waals surface area contributed by atoms with Gasteiger partial charge in [-0.25, -0.2) is 4.90 Å². The van der Waals surface area contributed by atoms with E-state index >= 15 is 0 Å².